The number of amides is 1. The molecule has 0 aliphatic carbocycles. The number of rotatable bonds is 10. The largest absolute Gasteiger partial charge is 0.355 e. The van der Waals surface area contributed by atoms with E-state index < -0.39 is 0 Å². The molecule has 2 N–H and O–H groups in total. The minimum atomic E-state index is 0.195. The summed E-state index contributed by atoms with van der Waals surface area (Å²) in [4.78, 5) is 14.0. The van der Waals surface area contributed by atoms with Crippen molar-refractivity contribution in [3.8, 4) is 0 Å². The Morgan fingerprint density at radius 2 is 1.96 bits per heavy atom. The molecule has 0 spiro atoms. The summed E-state index contributed by atoms with van der Waals surface area (Å²) in [5.41, 5.74) is 0. The Balaban J connectivity index is 2.03. The van der Waals surface area contributed by atoms with Gasteiger partial charge in [0, 0.05) is 35.3 Å². The van der Waals surface area contributed by atoms with E-state index in [0.717, 1.165) is 28.7 Å². The van der Waals surface area contributed by atoms with Crippen LogP contribution in [0.2, 0.25) is 0 Å². The van der Waals surface area contributed by atoms with Gasteiger partial charge in [-0.05, 0) is 46.0 Å². The van der Waals surface area contributed by atoms with Gasteiger partial charge in [-0.25, -0.2) is 0 Å². The standard InChI is InChI=1S/C18H37N3OS2/c1-14-15(2)24-17(10-13-23-14)8-6-7-9-18(22)20-12-11-19-16(3)21(4)5/h14-17,19H,6-13H2,1-5H3,(H,20,22). The molecule has 0 bridgehead atoms. The van der Waals surface area contributed by atoms with E-state index in [9.17, 15) is 4.79 Å². The lowest BCUT2D eigenvalue weighted by atomic mass is 10.1. The maximum Gasteiger partial charge on any atom is 0.220 e. The molecule has 0 aromatic rings. The average molecular weight is 376 g/mol. The quantitative estimate of drug-likeness (QED) is 0.453. The van der Waals surface area contributed by atoms with Gasteiger partial charge < -0.3 is 10.6 Å². The van der Waals surface area contributed by atoms with Gasteiger partial charge >= 0.3 is 0 Å². The van der Waals surface area contributed by atoms with Crippen molar-refractivity contribution >= 4 is 29.4 Å². The van der Waals surface area contributed by atoms with Crippen LogP contribution >= 0.6 is 23.5 Å². The normalized spacial score (nSPS) is 26.2. The molecule has 0 aromatic carbocycles. The number of carbonyl (C=O) groups is 1. The predicted octanol–water partition coefficient (Wildman–Crippen LogP) is 3.18. The maximum absolute atomic E-state index is 11.9. The molecule has 1 aliphatic heterocycles. The highest BCUT2D eigenvalue weighted by molar-refractivity contribution is 8.04. The van der Waals surface area contributed by atoms with Crippen LogP contribution in [0, 0.1) is 0 Å². The van der Waals surface area contributed by atoms with Crippen LogP contribution in [0.15, 0.2) is 0 Å². The highest BCUT2D eigenvalue weighted by Crippen LogP contribution is 2.36. The van der Waals surface area contributed by atoms with Crippen molar-refractivity contribution in [2.45, 2.75) is 74.8 Å². The lowest BCUT2D eigenvalue weighted by molar-refractivity contribution is -0.121. The third kappa shape index (κ3) is 9.54. The van der Waals surface area contributed by atoms with Gasteiger partial charge in [-0.1, -0.05) is 20.3 Å². The first-order valence-electron chi connectivity index (χ1n) is 9.33. The lowest BCUT2D eigenvalue weighted by Crippen LogP contribution is -2.42. The van der Waals surface area contributed by atoms with Crippen molar-refractivity contribution in [2.75, 3.05) is 32.9 Å². The zero-order valence-corrected chi connectivity index (χ0v) is 17.8. The molecular weight excluding hydrogens is 338 g/mol. The summed E-state index contributed by atoms with van der Waals surface area (Å²) in [6, 6.07) is 0. The molecule has 0 radical (unpaired) electrons. The topological polar surface area (TPSA) is 44.4 Å². The molecule has 1 saturated heterocycles. The van der Waals surface area contributed by atoms with E-state index in [0.29, 0.717) is 19.1 Å². The summed E-state index contributed by atoms with van der Waals surface area (Å²) in [7, 11) is 4.09. The fraction of sp³-hybridized carbons (Fsp3) is 0.944. The molecule has 142 valence electrons. The number of nitrogens with zero attached hydrogens (tertiary/aromatic N) is 1. The van der Waals surface area contributed by atoms with Crippen LogP contribution < -0.4 is 10.6 Å². The van der Waals surface area contributed by atoms with Gasteiger partial charge in [0.2, 0.25) is 5.91 Å². The Bertz CT molecular complexity index is 355. The van der Waals surface area contributed by atoms with Crippen LogP contribution in [0.5, 0.6) is 0 Å². The van der Waals surface area contributed by atoms with E-state index in [4.69, 9.17) is 0 Å². The third-order valence-corrected chi connectivity index (χ3v) is 8.00. The zero-order chi connectivity index (χ0) is 17.9. The smallest absolute Gasteiger partial charge is 0.220 e. The number of hydrogen-bond acceptors (Lipinski definition) is 5. The summed E-state index contributed by atoms with van der Waals surface area (Å²) in [6.07, 6.45) is 5.78. The maximum atomic E-state index is 11.9. The fourth-order valence-electron chi connectivity index (χ4n) is 2.63. The van der Waals surface area contributed by atoms with E-state index in [1.807, 2.05) is 14.1 Å². The zero-order valence-electron chi connectivity index (χ0n) is 16.1. The van der Waals surface area contributed by atoms with Crippen molar-refractivity contribution in [2.24, 2.45) is 0 Å². The number of carbonyl (C=O) groups excluding carboxylic acids is 1. The average Bonchev–Trinajstić information content (AvgIpc) is 2.69. The van der Waals surface area contributed by atoms with Crippen LogP contribution in [0.3, 0.4) is 0 Å². The molecule has 0 saturated carbocycles. The number of hydrogen-bond donors (Lipinski definition) is 2. The van der Waals surface area contributed by atoms with E-state index in [1.54, 1.807) is 0 Å². The second kappa shape index (κ2) is 12.4. The van der Waals surface area contributed by atoms with Crippen molar-refractivity contribution in [1.29, 1.82) is 0 Å². The molecule has 6 heteroatoms. The van der Waals surface area contributed by atoms with Crippen LogP contribution in [0.25, 0.3) is 0 Å². The molecule has 1 heterocycles. The fourth-order valence-corrected chi connectivity index (χ4v) is 5.65. The van der Waals surface area contributed by atoms with Gasteiger partial charge in [0.1, 0.15) is 0 Å². The van der Waals surface area contributed by atoms with Crippen molar-refractivity contribution in [1.82, 2.24) is 15.5 Å². The molecule has 0 aromatic heterocycles. The van der Waals surface area contributed by atoms with E-state index in [2.05, 4.69) is 59.8 Å². The van der Waals surface area contributed by atoms with Crippen LogP contribution in [-0.4, -0.2) is 65.7 Å². The van der Waals surface area contributed by atoms with Gasteiger partial charge in [0.15, 0.2) is 0 Å². The third-order valence-electron chi connectivity index (χ3n) is 4.73. The molecule has 4 atom stereocenters. The van der Waals surface area contributed by atoms with Crippen LogP contribution in [-0.2, 0) is 4.79 Å². The van der Waals surface area contributed by atoms with Crippen molar-refractivity contribution in [3.63, 3.8) is 0 Å². The highest BCUT2D eigenvalue weighted by atomic mass is 32.2. The summed E-state index contributed by atoms with van der Waals surface area (Å²) in [5, 5.41) is 8.69. The van der Waals surface area contributed by atoms with Gasteiger partial charge in [0.05, 0.1) is 6.17 Å². The van der Waals surface area contributed by atoms with Crippen molar-refractivity contribution in [3.05, 3.63) is 0 Å². The predicted molar refractivity (Wildman–Crippen MR) is 110 cm³/mol. The van der Waals surface area contributed by atoms with Crippen LogP contribution in [0.1, 0.15) is 52.9 Å². The Kier molecular flexibility index (Phi) is 11.5. The number of thioether (sulfide) groups is 2. The minimum Gasteiger partial charge on any atom is -0.355 e. The van der Waals surface area contributed by atoms with Crippen molar-refractivity contribution < 1.29 is 4.79 Å². The highest BCUT2D eigenvalue weighted by Gasteiger charge is 2.22. The molecule has 4 nitrogen and oxygen atoms in total. The Labute approximate surface area is 157 Å². The van der Waals surface area contributed by atoms with E-state index in [-0.39, 0.29) is 5.91 Å². The summed E-state index contributed by atoms with van der Waals surface area (Å²) in [5.74, 6) is 1.49. The summed E-state index contributed by atoms with van der Waals surface area (Å²) >= 11 is 4.28. The Morgan fingerprint density at radius 3 is 2.67 bits per heavy atom. The Morgan fingerprint density at radius 1 is 1.21 bits per heavy atom. The molecule has 4 unspecified atom stereocenters. The first-order chi connectivity index (χ1) is 11.4. The molecule has 24 heavy (non-hydrogen) atoms. The first-order valence-corrected chi connectivity index (χ1v) is 11.3. The van der Waals surface area contributed by atoms with Gasteiger partial charge in [-0.2, -0.15) is 23.5 Å². The van der Waals surface area contributed by atoms with Gasteiger partial charge in [0.25, 0.3) is 0 Å². The molecule has 1 aliphatic rings. The SMILES string of the molecule is CC1SCCC(CCCCC(=O)NCCNC(C)N(C)C)SC1C. The van der Waals surface area contributed by atoms with Gasteiger partial charge in [-0.15, -0.1) is 0 Å². The Hall–Kier alpha value is 0.0900. The first kappa shape index (κ1) is 22.1. The van der Waals surface area contributed by atoms with E-state index >= 15 is 0 Å². The molecule has 1 amide bonds. The molecular formula is C18H37N3OS2. The van der Waals surface area contributed by atoms with Crippen LogP contribution in [0.4, 0.5) is 0 Å². The second-order valence-corrected chi connectivity index (χ2v) is 10.2. The monoisotopic (exact) mass is 375 g/mol. The number of nitrogens with one attached hydrogen (secondary N) is 2. The summed E-state index contributed by atoms with van der Waals surface area (Å²) in [6.45, 7) is 8.36. The van der Waals surface area contributed by atoms with E-state index in [1.165, 1.54) is 25.0 Å². The summed E-state index contributed by atoms with van der Waals surface area (Å²) < 4.78 is 0. The molecule has 1 fully saturated rings. The number of unbranched alkanes of at least 4 members (excludes halogenated alkanes) is 1. The minimum absolute atomic E-state index is 0.195. The lowest BCUT2D eigenvalue weighted by Gasteiger charge is -2.21. The molecule has 1 rings (SSSR count). The second-order valence-electron chi connectivity index (χ2n) is 7.02. The van der Waals surface area contributed by atoms with Gasteiger partial charge in [-0.3, -0.25) is 9.69 Å².